The summed E-state index contributed by atoms with van der Waals surface area (Å²) in [7, 11) is -3.61. The Balaban J connectivity index is 2.02. The first-order chi connectivity index (χ1) is 11.3. The van der Waals surface area contributed by atoms with E-state index < -0.39 is 37.9 Å². The Labute approximate surface area is 137 Å². The molecule has 2 aromatic rings. The van der Waals surface area contributed by atoms with Crippen molar-refractivity contribution < 1.29 is 22.5 Å². The summed E-state index contributed by atoms with van der Waals surface area (Å²) in [5.41, 5.74) is -0.755. The van der Waals surface area contributed by atoms with Crippen molar-refractivity contribution in [2.75, 3.05) is 11.1 Å². The van der Waals surface area contributed by atoms with Gasteiger partial charge in [-0.05, 0) is 24.3 Å². The number of nitro groups is 1. The Morgan fingerprint density at radius 3 is 2.46 bits per heavy atom. The van der Waals surface area contributed by atoms with Crippen LogP contribution in [-0.4, -0.2) is 25.0 Å². The van der Waals surface area contributed by atoms with Crippen LogP contribution in [0.1, 0.15) is 6.42 Å². The lowest BCUT2D eigenvalue weighted by Gasteiger charge is -2.06. The van der Waals surface area contributed by atoms with Crippen LogP contribution in [-0.2, 0) is 14.6 Å². The Hall–Kier alpha value is -2.81. The van der Waals surface area contributed by atoms with Gasteiger partial charge in [0.05, 0.1) is 15.6 Å². The first-order valence-corrected chi connectivity index (χ1v) is 8.46. The number of nitro benzene ring substituents is 1. The predicted molar refractivity (Wildman–Crippen MR) is 84.8 cm³/mol. The number of nitrogens with zero attached hydrogens (tertiary/aromatic N) is 1. The van der Waals surface area contributed by atoms with E-state index in [9.17, 15) is 27.7 Å². The Bertz CT molecular complexity index is 869. The standard InChI is InChI=1S/C15H13FN2O5S/c16-13-7-6-11(10-14(13)18(20)21)17-15(19)8-9-24(22,23)12-4-2-1-3-5-12/h1-7,10H,8-9H2,(H,17,19). The van der Waals surface area contributed by atoms with Gasteiger partial charge in [-0.1, -0.05) is 18.2 Å². The van der Waals surface area contributed by atoms with Crippen LogP contribution in [0.2, 0.25) is 0 Å². The number of halogens is 1. The first kappa shape index (κ1) is 17.5. The maximum Gasteiger partial charge on any atom is 0.306 e. The molecular formula is C15H13FN2O5S. The number of hydrogen-bond donors (Lipinski definition) is 1. The number of rotatable bonds is 6. The summed E-state index contributed by atoms with van der Waals surface area (Å²) in [6.45, 7) is 0. The van der Waals surface area contributed by atoms with Gasteiger partial charge in [-0.25, -0.2) is 8.42 Å². The molecule has 9 heteroatoms. The lowest BCUT2D eigenvalue weighted by molar-refractivity contribution is -0.387. The van der Waals surface area contributed by atoms with Crippen LogP contribution in [0.15, 0.2) is 53.4 Å². The van der Waals surface area contributed by atoms with Crippen molar-refractivity contribution in [3.8, 4) is 0 Å². The molecule has 1 N–H and O–H groups in total. The monoisotopic (exact) mass is 352 g/mol. The number of carbonyl (C=O) groups is 1. The summed E-state index contributed by atoms with van der Waals surface area (Å²) < 4.78 is 37.3. The molecule has 0 atom stereocenters. The van der Waals surface area contributed by atoms with Gasteiger partial charge in [-0.15, -0.1) is 0 Å². The average Bonchev–Trinajstić information content (AvgIpc) is 2.55. The minimum Gasteiger partial charge on any atom is -0.326 e. The second kappa shape index (κ2) is 7.18. The van der Waals surface area contributed by atoms with E-state index in [-0.39, 0.29) is 17.0 Å². The highest BCUT2D eigenvalue weighted by Crippen LogP contribution is 2.21. The van der Waals surface area contributed by atoms with Crippen molar-refractivity contribution in [2.24, 2.45) is 0 Å². The molecule has 0 unspecified atom stereocenters. The highest BCUT2D eigenvalue weighted by Gasteiger charge is 2.18. The fourth-order valence-electron chi connectivity index (χ4n) is 1.93. The summed E-state index contributed by atoms with van der Waals surface area (Å²) in [5.74, 6) is -2.08. The van der Waals surface area contributed by atoms with Gasteiger partial charge in [0.15, 0.2) is 9.84 Å². The zero-order valence-electron chi connectivity index (χ0n) is 12.3. The summed E-state index contributed by atoms with van der Waals surface area (Å²) in [6.07, 6.45) is -0.331. The lowest BCUT2D eigenvalue weighted by Crippen LogP contribution is -2.17. The SMILES string of the molecule is O=C(CCS(=O)(=O)c1ccccc1)Nc1ccc(F)c([N+](=O)[O-])c1. The molecule has 0 spiro atoms. The van der Waals surface area contributed by atoms with Crippen molar-refractivity contribution in [2.45, 2.75) is 11.3 Å². The zero-order chi connectivity index (χ0) is 17.7. The molecule has 0 bridgehead atoms. The van der Waals surface area contributed by atoms with E-state index >= 15 is 0 Å². The lowest BCUT2D eigenvalue weighted by atomic mass is 10.2. The largest absolute Gasteiger partial charge is 0.326 e. The molecule has 2 aromatic carbocycles. The number of hydrogen-bond acceptors (Lipinski definition) is 5. The summed E-state index contributed by atoms with van der Waals surface area (Å²) in [6, 6.07) is 10.6. The highest BCUT2D eigenvalue weighted by molar-refractivity contribution is 7.91. The molecule has 0 aromatic heterocycles. The van der Waals surface area contributed by atoms with E-state index in [0.29, 0.717) is 0 Å². The maximum absolute atomic E-state index is 13.2. The number of carbonyl (C=O) groups excluding carboxylic acids is 1. The van der Waals surface area contributed by atoms with Gasteiger partial charge in [0.25, 0.3) is 0 Å². The topological polar surface area (TPSA) is 106 Å². The van der Waals surface area contributed by atoms with Crippen LogP contribution in [0.25, 0.3) is 0 Å². The van der Waals surface area contributed by atoms with Crippen LogP contribution >= 0.6 is 0 Å². The van der Waals surface area contributed by atoms with Crippen molar-refractivity contribution in [3.05, 3.63) is 64.5 Å². The second-order valence-electron chi connectivity index (χ2n) is 4.85. The molecule has 0 fully saturated rings. The zero-order valence-corrected chi connectivity index (χ0v) is 13.1. The molecule has 0 aliphatic carbocycles. The Kier molecular flexibility index (Phi) is 5.24. The quantitative estimate of drug-likeness (QED) is 0.635. The Morgan fingerprint density at radius 1 is 1.17 bits per heavy atom. The fraction of sp³-hybridized carbons (Fsp3) is 0.133. The van der Waals surface area contributed by atoms with Gasteiger partial charge >= 0.3 is 5.69 Å². The molecule has 2 rings (SSSR count). The number of amides is 1. The molecule has 126 valence electrons. The molecule has 0 radical (unpaired) electrons. The van der Waals surface area contributed by atoms with E-state index in [1.54, 1.807) is 18.2 Å². The molecule has 0 aliphatic heterocycles. The smallest absolute Gasteiger partial charge is 0.306 e. The van der Waals surface area contributed by atoms with Crippen LogP contribution in [0.4, 0.5) is 15.8 Å². The van der Waals surface area contributed by atoms with Gasteiger partial charge in [-0.3, -0.25) is 14.9 Å². The van der Waals surface area contributed by atoms with E-state index in [2.05, 4.69) is 5.32 Å². The normalized spacial score (nSPS) is 11.0. The minimum atomic E-state index is -3.61. The third-order valence-electron chi connectivity index (χ3n) is 3.13. The fourth-order valence-corrected chi connectivity index (χ4v) is 3.19. The number of anilines is 1. The highest BCUT2D eigenvalue weighted by atomic mass is 32.2. The molecular weight excluding hydrogens is 339 g/mol. The van der Waals surface area contributed by atoms with Crippen LogP contribution in [0, 0.1) is 15.9 Å². The van der Waals surface area contributed by atoms with Crippen LogP contribution < -0.4 is 5.32 Å². The van der Waals surface area contributed by atoms with Gasteiger partial charge < -0.3 is 5.32 Å². The predicted octanol–water partition coefficient (Wildman–Crippen LogP) is 2.54. The van der Waals surface area contributed by atoms with Crippen LogP contribution in [0.3, 0.4) is 0 Å². The number of nitrogens with one attached hydrogen (secondary N) is 1. The summed E-state index contributed by atoms with van der Waals surface area (Å²) in [4.78, 5) is 21.7. The third-order valence-corrected chi connectivity index (χ3v) is 4.86. The van der Waals surface area contributed by atoms with E-state index in [4.69, 9.17) is 0 Å². The van der Waals surface area contributed by atoms with Gasteiger partial charge in [0.2, 0.25) is 11.7 Å². The molecule has 7 nitrogen and oxygen atoms in total. The minimum absolute atomic E-state index is 0.0187. The molecule has 0 saturated heterocycles. The second-order valence-corrected chi connectivity index (χ2v) is 6.96. The van der Waals surface area contributed by atoms with Gasteiger partial charge in [0, 0.05) is 18.2 Å². The summed E-state index contributed by atoms with van der Waals surface area (Å²) in [5, 5.41) is 13.0. The number of sulfone groups is 1. The average molecular weight is 352 g/mol. The molecule has 24 heavy (non-hydrogen) atoms. The van der Waals surface area contributed by atoms with Crippen molar-refractivity contribution in [1.82, 2.24) is 0 Å². The molecule has 0 aliphatic rings. The van der Waals surface area contributed by atoms with E-state index in [0.717, 1.165) is 18.2 Å². The van der Waals surface area contributed by atoms with Crippen molar-refractivity contribution in [3.63, 3.8) is 0 Å². The summed E-state index contributed by atoms with van der Waals surface area (Å²) >= 11 is 0. The van der Waals surface area contributed by atoms with Crippen molar-refractivity contribution in [1.29, 1.82) is 0 Å². The first-order valence-electron chi connectivity index (χ1n) is 6.81. The molecule has 0 heterocycles. The van der Waals surface area contributed by atoms with Gasteiger partial charge in [-0.2, -0.15) is 4.39 Å². The van der Waals surface area contributed by atoms with Gasteiger partial charge in [0.1, 0.15) is 0 Å². The maximum atomic E-state index is 13.2. The Morgan fingerprint density at radius 2 is 1.83 bits per heavy atom. The van der Waals surface area contributed by atoms with E-state index in [1.807, 2.05) is 0 Å². The third kappa shape index (κ3) is 4.35. The van der Waals surface area contributed by atoms with Crippen LogP contribution in [0.5, 0.6) is 0 Å². The molecule has 1 amide bonds. The number of benzene rings is 2. The van der Waals surface area contributed by atoms with E-state index in [1.165, 1.54) is 12.1 Å². The molecule has 0 saturated carbocycles. The van der Waals surface area contributed by atoms with Crippen molar-refractivity contribution >= 4 is 27.1 Å².